The first-order valence-electron chi connectivity index (χ1n) is 10.5. The highest BCUT2D eigenvalue weighted by Gasteiger charge is 2.47. The highest BCUT2D eigenvalue weighted by Crippen LogP contribution is 2.44. The van der Waals surface area contributed by atoms with Crippen LogP contribution in [0.25, 0.3) is 16.7 Å². The predicted molar refractivity (Wildman–Crippen MR) is 123 cm³/mol. The van der Waals surface area contributed by atoms with Gasteiger partial charge in [0.1, 0.15) is 11.5 Å². The summed E-state index contributed by atoms with van der Waals surface area (Å²) < 4.78 is 40.1. The SMILES string of the molecule is O=C1C(=O)N(c2cccc(C(F)(F)F)c2)C(c2ccc(O)cc2)/C1=C(/O)c1c[nH]c2ccccc12. The average molecular weight is 478 g/mol. The number of nitrogens with one attached hydrogen (secondary N) is 1. The predicted octanol–water partition coefficient (Wildman–Crippen LogP) is 5.52. The van der Waals surface area contributed by atoms with Crippen LogP contribution in [0.15, 0.2) is 84.6 Å². The van der Waals surface area contributed by atoms with Crippen LogP contribution in [0.4, 0.5) is 18.9 Å². The van der Waals surface area contributed by atoms with Crippen LogP contribution in [0.3, 0.4) is 0 Å². The number of para-hydroxylation sites is 1. The number of carbonyl (C=O) groups excluding carboxylic acids is 2. The molecule has 2 heterocycles. The lowest BCUT2D eigenvalue weighted by atomic mass is 9.95. The molecule has 1 aliphatic heterocycles. The number of amides is 1. The van der Waals surface area contributed by atoms with E-state index in [0.29, 0.717) is 16.5 Å². The Labute approximate surface area is 196 Å². The molecule has 0 bridgehead atoms. The van der Waals surface area contributed by atoms with Crippen molar-refractivity contribution in [3.05, 3.63) is 101 Å². The van der Waals surface area contributed by atoms with Crippen LogP contribution < -0.4 is 4.90 Å². The Hall–Kier alpha value is -4.53. The molecule has 3 aromatic carbocycles. The maximum absolute atomic E-state index is 13.4. The summed E-state index contributed by atoms with van der Waals surface area (Å²) in [5.74, 6) is -2.66. The molecule has 1 atom stereocenters. The molecule has 0 spiro atoms. The van der Waals surface area contributed by atoms with Crippen LogP contribution in [0.2, 0.25) is 0 Å². The number of aliphatic hydroxyl groups excluding tert-OH is 1. The van der Waals surface area contributed by atoms with E-state index in [9.17, 15) is 33.0 Å². The van der Waals surface area contributed by atoms with E-state index in [4.69, 9.17) is 0 Å². The van der Waals surface area contributed by atoms with Gasteiger partial charge in [-0.15, -0.1) is 0 Å². The highest BCUT2D eigenvalue weighted by atomic mass is 19.4. The number of rotatable bonds is 3. The molecule has 1 saturated heterocycles. The third-order valence-electron chi connectivity index (χ3n) is 5.95. The molecule has 5 rings (SSSR count). The molecule has 6 nitrogen and oxygen atoms in total. The maximum Gasteiger partial charge on any atom is 0.416 e. The number of halogens is 3. The second kappa shape index (κ2) is 8.05. The number of ketones is 1. The Morgan fingerprint density at radius 3 is 2.37 bits per heavy atom. The molecule has 35 heavy (non-hydrogen) atoms. The van der Waals surface area contributed by atoms with Crippen molar-refractivity contribution >= 4 is 34.0 Å². The average Bonchev–Trinajstić information content (AvgIpc) is 3.38. The molecular formula is C26H17F3N2O4. The van der Waals surface area contributed by atoms with Gasteiger partial charge in [0.05, 0.1) is 17.2 Å². The number of aliphatic hydroxyl groups is 1. The number of fused-ring (bicyclic) bond motifs is 1. The third-order valence-corrected chi connectivity index (χ3v) is 5.95. The van der Waals surface area contributed by atoms with Crippen LogP contribution in [-0.4, -0.2) is 26.9 Å². The Balaban J connectivity index is 1.75. The molecule has 176 valence electrons. The Morgan fingerprint density at radius 2 is 1.66 bits per heavy atom. The van der Waals surface area contributed by atoms with Crippen molar-refractivity contribution in [1.29, 1.82) is 0 Å². The van der Waals surface area contributed by atoms with E-state index < -0.39 is 35.2 Å². The molecule has 0 radical (unpaired) electrons. The van der Waals surface area contributed by atoms with Crippen LogP contribution in [-0.2, 0) is 15.8 Å². The van der Waals surface area contributed by atoms with Gasteiger partial charge in [0.15, 0.2) is 0 Å². The molecule has 4 aromatic rings. The van der Waals surface area contributed by atoms with Crippen molar-refractivity contribution in [2.45, 2.75) is 12.2 Å². The second-order valence-electron chi connectivity index (χ2n) is 8.06. The summed E-state index contributed by atoms with van der Waals surface area (Å²) >= 11 is 0. The number of hydrogen-bond donors (Lipinski definition) is 3. The van der Waals surface area contributed by atoms with E-state index in [1.807, 2.05) is 0 Å². The van der Waals surface area contributed by atoms with E-state index in [0.717, 1.165) is 23.1 Å². The van der Waals surface area contributed by atoms with Crippen LogP contribution in [0, 0.1) is 0 Å². The van der Waals surface area contributed by atoms with E-state index in [1.165, 1.54) is 36.5 Å². The number of aromatic hydroxyl groups is 1. The Kier molecular flexibility index (Phi) is 5.12. The van der Waals surface area contributed by atoms with Crippen molar-refractivity contribution in [3.63, 3.8) is 0 Å². The van der Waals surface area contributed by atoms with Crippen molar-refractivity contribution in [1.82, 2.24) is 4.98 Å². The number of phenolic OH excluding ortho intramolecular Hbond substituents is 1. The van der Waals surface area contributed by atoms with E-state index in [2.05, 4.69) is 4.98 Å². The summed E-state index contributed by atoms with van der Waals surface area (Å²) in [4.78, 5) is 30.3. The van der Waals surface area contributed by atoms with E-state index >= 15 is 0 Å². The fraction of sp³-hybridized carbons (Fsp3) is 0.0769. The molecule has 1 amide bonds. The van der Waals surface area contributed by atoms with Gasteiger partial charge in [-0.2, -0.15) is 13.2 Å². The third kappa shape index (κ3) is 3.71. The van der Waals surface area contributed by atoms with Crippen molar-refractivity contribution in [2.75, 3.05) is 4.90 Å². The summed E-state index contributed by atoms with van der Waals surface area (Å²) in [5.41, 5.74) is -0.145. The first-order valence-corrected chi connectivity index (χ1v) is 10.5. The number of nitrogens with zero attached hydrogens (tertiary/aromatic N) is 1. The number of aromatic amines is 1. The number of benzene rings is 3. The van der Waals surface area contributed by atoms with Gasteiger partial charge < -0.3 is 15.2 Å². The first kappa shape index (κ1) is 22.3. The summed E-state index contributed by atoms with van der Waals surface area (Å²) in [7, 11) is 0. The highest BCUT2D eigenvalue weighted by molar-refractivity contribution is 6.51. The molecule has 0 aliphatic carbocycles. The van der Waals surface area contributed by atoms with Gasteiger partial charge in [0.25, 0.3) is 11.7 Å². The lowest BCUT2D eigenvalue weighted by Crippen LogP contribution is -2.29. The number of phenols is 1. The van der Waals surface area contributed by atoms with Crippen LogP contribution in [0.5, 0.6) is 5.75 Å². The van der Waals surface area contributed by atoms with Crippen molar-refractivity contribution in [3.8, 4) is 5.75 Å². The normalized spacial score (nSPS) is 17.9. The number of hydrogen-bond acceptors (Lipinski definition) is 4. The standard InChI is InChI=1S/C26H17F3N2O4/c27-26(28,29)15-4-3-5-16(12-15)31-22(14-8-10-17(32)11-9-14)21(24(34)25(31)35)23(33)19-13-30-20-7-2-1-6-18(19)20/h1-13,22,30,32-33H/b23-21-. The lowest BCUT2D eigenvalue weighted by molar-refractivity contribution is -0.137. The lowest BCUT2D eigenvalue weighted by Gasteiger charge is -2.26. The topological polar surface area (TPSA) is 93.6 Å². The van der Waals surface area contributed by atoms with Gasteiger partial charge in [-0.05, 0) is 42.0 Å². The number of anilines is 1. The molecule has 1 aromatic heterocycles. The minimum atomic E-state index is -4.67. The zero-order valence-electron chi connectivity index (χ0n) is 17.9. The van der Waals surface area contributed by atoms with Gasteiger partial charge in [0, 0.05) is 28.4 Å². The second-order valence-corrected chi connectivity index (χ2v) is 8.06. The molecule has 3 N–H and O–H groups in total. The van der Waals surface area contributed by atoms with E-state index in [1.54, 1.807) is 24.3 Å². The van der Waals surface area contributed by atoms with Crippen molar-refractivity contribution in [2.24, 2.45) is 0 Å². The van der Waals surface area contributed by atoms with Crippen LogP contribution >= 0.6 is 0 Å². The summed E-state index contributed by atoms with van der Waals surface area (Å²) in [5, 5.41) is 21.6. The molecular weight excluding hydrogens is 461 g/mol. The number of carbonyl (C=O) groups is 2. The van der Waals surface area contributed by atoms with Gasteiger partial charge >= 0.3 is 6.18 Å². The van der Waals surface area contributed by atoms with Crippen LogP contribution in [0.1, 0.15) is 22.7 Å². The molecule has 1 aliphatic rings. The minimum absolute atomic E-state index is 0.0820. The minimum Gasteiger partial charge on any atom is -0.508 e. The van der Waals surface area contributed by atoms with Gasteiger partial charge in [-0.3, -0.25) is 14.5 Å². The maximum atomic E-state index is 13.4. The summed E-state index contributed by atoms with van der Waals surface area (Å²) in [6.45, 7) is 0. The largest absolute Gasteiger partial charge is 0.508 e. The Morgan fingerprint density at radius 1 is 0.943 bits per heavy atom. The van der Waals surface area contributed by atoms with Gasteiger partial charge in [-0.1, -0.05) is 36.4 Å². The number of aromatic nitrogens is 1. The van der Waals surface area contributed by atoms with Crippen molar-refractivity contribution < 1.29 is 33.0 Å². The van der Waals surface area contributed by atoms with Gasteiger partial charge in [0.2, 0.25) is 0 Å². The zero-order chi connectivity index (χ0) is 24.9. The first-order chi connectivity index (χ1) is 16.7. The molecule has 1 unspecified atom stereocenters. The Bertz CT molecular complexity index is 1500. The van der Waals surface area contributed by atoms with E-state index in [-0.39, 0.29) is 22.6 Å². The monoisotopic (exact) mass is 478 g/mol. The summed E-state index contributed by atoms with van der Waals surface area (Å²) in [6.07, 6.45) is -3.17. The molecule has 0 saturated carbocycles. The quantitative estimate of drug-likeness (QED) is 0.205. The fourth-order valence-corrected chi connectivity index (χ4v) is 4.32. The summed E-state index contributed by atoms with van der Waals surface area (Å²) in [6, 6.07) is 15.4. The van der Waals surface area contributed by atoms with Gasteiger partial charge in [-0.25, -0.2) is 0 Å². The molecule has 1 fully saturated rings. The fourth-order valence-electron chi connectivity index (χ4n) is 4.32. The smallest absolute Gasteiger partial charge is 0.416 e. The number of alkyl halides is 3. The number of Topliss-reactive ketones (excluding diaryl/α,β-unsaturated/α-hetero) is 1. The zero-order valence-corrected chi connectivity index (χ0v) is 17.9. The number of H-pyrrole nitrogens is 1. The molecule has 9 heteroatoms.